The Morgan fingerprint density at radius 1 is 0.519 bits per heavy atom. The summed E-state index contributed by atoms with van der Waals surface area (Å²) in [6.45, 7) is 14.6. The zero-order valence-corrected chi connectivity index (χ0v) is 48.4. The Labute approximate surface area is 478 Å². The zero-order valence-electron chi connectivity index (χ0n) is 48.4. The molecule has 0 radical (unpaired) electrons. The van der Waals surface area contributed by atoms with Crippen LogP contribution < -0.4 is 16.0 Å². The molecule has 11 heteroatoms. The van der Waals surface area contributed by atoms with Crippen LogP contribution in [0.3, 0.4) is 0 Å². The van der Waals surface area contributed by atoms with Crippen molar-refractivity contribution in [1.29, 1.82) is 0 Å². The number of rotatable bonds is 15. The highest BCUT2D eigenvalue weighted by molar-refractivity contribution is 6.02. The highest BCUT2D eigenvalue weighted by atomic mass is 19.1. The van der Waals surface area contributed by atoms with Gasteiger partial charge in [0.25, 0.3) is 11.8 Å². The van der Waals surface area contributed by atoms with Crippen LogP contribution in [0, 0.1) is 27.5 Å². The Bertz CT molecular complexity index is 3180. The Morgan fingerprint density at radius 2 is 0.914 bits per heavy atom. The molecule has 81 heavy (non-hydrogen) atoms. The minimum atomic E-state index is -0.832. The van der Waals surface area contributed by atoms with E-state index < -0.39 is 22.8 Å². The molecular formula is C70H81FN4O6. The Morgan fingerprint density at radius 3 is 1.32 bits per heavy atom. The van der Waals surface area contributed by atoms with Gasteiger partial charge in [0.15, 0.2) is 0 Å². The lowest BCUT2D eigenvalue weighted by Gasteiger charge is -2.52. The normalized spacial score (nSPS) is 22.3. The summed E-state index contributed by atoms with van der Waals surface area (Å²) in [6.07, 6.45) is 9.51. The number of carboxylic acid groups (broad SMARTS) is 1. The molecule has 10 nitrogen and oxygen atoms in total. The van der Waals surface area contributed by atoms with Gasteiger partial charge in [-0.2, -0.15) is 0 Å². The SMILES string of the molecule is CC(C)(C)c1ccc(-c2ccccc2C(=O)NCC23CCC(C(=O)O)(CC2)CC3)cc1.CN(Cc1ccc(F)cc1)C(=O)[C@@H](NC(=O)C12CCC(CNC(=O)c3ccccc3-c3ccc(C(C)(C)C)cc3)(CC1)CC2)c1ccccc1. The third kappa shape index (κ3) is 13.0. The van der Waals surface area contributed by atoms with Crippen LogP contribution in [-0.2, 0) is 31.8 Å². The van der Waals surface area contributed by atoms with E-state index >= 15 is 0 Å². The summed E-state index contributed by atoms with van der Waals surface area (Å²) < 4.78 is 13.5. The fourth-order valence-corrected chi connectivity index (χ4v) is 13.0. The van der Waals surface area contributed by atoms with E-state index in [2.05, 4.69) is 106 Å². The predicted molar refractivity (Wildman–Crippen MR) is 319 cm³/mol. The number of carbonyl (C=O) groups is 5. The largest absolute Gasteiger partial charge is 0.481 e. The number of amides is 4. The summed E-state index contributed by atoms with van der Waals surface area (Å²) in [5.74, 6) is -1.41. The number of carbonyl (C=O) groups excluding carboxylic acids is 4. The van der Waals surface area contributed by atoms with Crippen LogP contribution in [0.1, 0.15) is 168 Å². The number of fused-ring (bicyclic) bond motifs is 6. The molecule has 4 amide bonds. The molecule has 6 aliphatic carbocycles. The van der Waals surface area contributed by atoms with Gasteiger partial charge in [-0.25, -0.2) is 4.39 Å². The summed E-state index contributed by atoms with van der Waals surface area (Å²) in [6, 6.07) is 47.1. The van der Waals surface area contributed by atoms with Crippen LogP contribution in [0.2, 0.25) is 0 Å². The van der Waals surface area contributed by atoms with Crippen LogP contribution in [-0.4, -0.2) is 59.7 Å². The number of halogens is 1. The van der Waals surface area contributed by atoms with Gasteiger partial charge in [-0.15, -0.1) is 0 Å². The van der Waals surface area contributed by atoms with E-state index in [-0.39, 0.29) is 51.1 Å². The van der Waals surface area contributed by atoms with Crippen molar-refractivity contribution in [2.45, 2.75) is 142 Å². The molecule has 0 aromatic heterocycles. The molecular weight excluding hydrogens is 1010 g/mol. The first-order valence-corrected chi connectivity index (χ1v) is 29.1. The summed E-state index contributed by atoms with van der Waals surface area (Å²) in [7, 11) is 1.71. The van der Waals surface area contributed by atoms with Gasteiger partial charge in [-0.05, 0) is 167 Å². The zero-order chi connectivity index (χ0) is 57.8. The summed E-state index contributed by atoms with van der Waals surface area (Å²) >= 11 is 0. The topological polar surface area (TPSA) is 145 Å². The molecule has 0 unspecified atom stereocenters. The van der Waals surface area contributed by atoms with E-state index in [1.165, 1.54) is 23.3 Å². The predicted octanol–water partition coefficient (Wildman–Crippen LogP) is 14.2. The Kier molecular flexibility index (Phi) is 17.0. The molecule has 424 valence electrons. The molecule has 12 rings (SSSR count). The van der Waals surface area contributed by atoms with E-state index in [4.69, 9.17) is 0 Å². The Balaban J connectivity index is 0.000000218. The van der Waals surface area contributed by atoms with Crippen LogP contribution in [0.5, 0.6) is 0 Å². The monoisotopic (exact) mass is 1090 g/mol. The fourth-order valence-electron chi connectivity index (χ4n) is 13.0. The number of benzene rings is 6. The van der Waals surface area contributed by atoms with Crippen LogP contribution in [0.25, 0.3) is 22.3 Å². The van der Waals surface area contributed by atoms with Crippen molar-refractivity contribution in [2.24, 2.45) is 21.7 Å². The van der Waals surface area contributed by atoms with Crippen molar-refractivity contribution in [1.82, 2.24) is 20.9 Å². The van der Waals surface area contributed by atoms with Crippen molar-refractivity contribution in [3.8, 4) is 22.3 Å². The van der Waals surface area contributed by atoms with E-state index in [0.717, 1.165) is 91.2 Å². The second-order valence-electron chi connectivity index (χ2n) is 26.1. The molecule has 0 aliphatic heterocycles. The van der Waals surface area contributed by atoms with Gasteiger partial charge in [0.05, 0.1) is 5.41 Å². The molecule has 6 aromatic rings. The van der Waals surface area contributed by atoms with E-state index in [0.29, 0.717) is 50.0 Å². The molecule has 4 N–H and O–H groups in total. The molecule has 6 fully saturated rings. The molecule has 6 saturated carbocycles. The number of likely N-dealkylation sites (N-methyl/N-ethyl adjacent to an activating group) is 1. The highest BCUT2D eigenvalue weighted by Crippen LogP contribution is 2.58. The standard InChI is InChI=1S/C43H48FN3O3.C27H33NO3/c1-41(2,3)33-18-16-31(17-19-33)35-12-8-9-13-36(35)38(48)45-29-42-22-25-43(26-23-42,27-24-42)40(50)46-37(32-10-6-5-7-11-32)39(49)47(4)28-30-14-20-34(44)21-15-30;1-25(2,3)20-10-8-19(9-11-20)21-6-4-5-7-22(21)23(29)28-18-26-12-15-27(16-13-26,17-14-26)24(30)31/h5-21,37H,22-29H2,1-4H3,(H,45,48)(H,46,50);4-11H,12-18H2,1-3H3,(H,28,29)(H,30,31)/t37-,42?,43?;/m0./s1. The molecule has 0 heterocycles. The minimum Gasteiger partial charge on any atom is -0.481 e. The lowest BCUT2D eigenvalue weighted by atomic mass is 9.53. The maximum atomic E-state index is 14.1. The second kappa shape index (κ2) is 23.6. The molecule has 0 spiro atoms. The van der Waals surface area contributed by atoms with Gasteiger partial charge in [-0.3, -0.25) is 24.0 Å². The minimum absolute atomic E-state index is 0.0504. The molecule has 6 aliphatic rings. The van der Waals surface area contributed by atoms with Gasteiger partial charge >= 0.3 is 5.97 Å². The summed E-state index contributed by atoms with van der Waals surface area (Å²) in [5, 5.41) is 19.2. The smallest absolute Gasteiger partial charge is 0.309 e. The lowest BCUT2D eigenvalue weighted by Crippen LogP contribution is -2.54. The van der Waals surface area contributed by atoms with Gasteiger partial charge in [-0.1, -0.05) is 169 Å². The highest BCUT2D eigenvalue weighted by Gasteiger charge is 2.54. The average molecular weight is 1090 g/mol. The summed E-state index contributed by atoms with van der Waals surface area (Å²) in [5.41, 5.74) is 8.39. The lowest BCUT2D eigenvalue weighted by molar-refractivity contribution is -0.158. The van der Waals surface area contributed by atoms with Gasteiger partial charge in [0.1, 0.15) is 11.9 Å². The quantitative estimate of drug-likeness (QED) is 0.0806. The van der Waals surface area contributed by atoms with Gasteiger partial charge in [0, 0.05) is 43.2 Å². The van der Waals surface area contributed by atoms with Crippen molar-refractivity contribution < 1.29 is 33.5 Å². The van der Waals surface area contributed by atoms with Crippen LogP contribution in [0.4, 0.5) is 4.39 Å². The second-order valence-corrected chi connectivity index (χ2v) is 26.1. The number of aliphatic carboxylic acids is 1. The van der Waals surface area contributed by atoms with E-state index in [1.807, 2.05) is 78.9 Å². The van der Waals surface area contributed by atoms with Crippen molar-refractivity contribution in [3.05, 3.63) is 191 Å². The number of hydrogen-bond acceptors (Lipinski definition) is 5. The molecule has 0 saturated heterocycles. The number of hydrogen-bond donors (Lipinski definition) is 4. The third-order valence-electron chi connectivity index (χ3n) is 18.8. The number of carboxylic acids is 1. The first kappa shape index (κ1) is 58.3. The van der Waals surface area contributed by atoms with Gasteiger partial charge in [0.2, 0.25) is 11.8 Å². The Hall–Kier alpha value is -7.40. The maximum Gasteiger partial charge on any atom is 0.309 e. The molecule has 1 atom stereocenters. The van der Waals surface area contributed by atoms with E-state index in [9.17, 15) is 33.5 Å². The fraction of sp³-hybridized carbons (Fsp3) is 0.414. The average Bonchev–Trinajstić information content (AvgIpc) is 3.67. The van der Waals surface area contributed by atoms with Crippen LogP contribution in [0.15, 0.2) is 152 Å². The van der Waals surface area contributed by atoms with E-state index in [1.54, 1.807) is 24.1 Å². The number of nitrogens with one attached hydrogen (secondary N) is 3. The van der Waals surface area contributed by atoms with Crippen molar-refractivity contribution >= 4 is 29.6 Å². The molecule has 4 bridgehead atoms. The summed E-state index contributed by atoms with van der Waals surface area (Å²) in [4.78, 5) is 67.9. The maximum absolute atomic E-state index is 14.1. The third-order valence-corrected chi connectivity index (χ3v) is 18.8. The van der Waals surface area contributed by atoms with Crippen LogP contribution >= 0.6 is 0 Å². The first-order valence-electron chi connectivity index (χ1n) is 29.1. The van der Waals surface area contributed by atoms with Crippen molar-refractivity contribution in [2.75, 3.05) is 20.1 Å². The van der Waals surface area contributed by atoms with Gasteiger partial charge < -0.3 is 26.0 Å². The number of nitrogens with zero attached hydrogens (tertiary/aromatic N) is 1. The first-order chi connectivity index (χ1) is 38.5. The molecule has 6 aromatic carbocycles. The van der Waals surface area contributed by atoms with Crippen molar-refractivity contribution in [3.63, 3.8) is 0 Å².